The van der Waals surface area contributed by atoms with Crippen molar-refractivity contribution in [1.82, 2.24) is 4.90 Å². The van der Waals surface area contributed by atoms with Crippen molar-refractivity contribution in [2.24, 2.45) is 0 Å². The quantitative estimate of drug-likeness (QED) is 0.377. The first-order valence-electron chi connectivity index (χ1n) is 10.6. The van der Waals surface area contributed by atoms with Gasteiger partial charge in [0.15, 0.2) is 0 Å². The first-order chi connectivity index (χ1) is 15.9. The maximum Gasteiger partial charge on any atom is 0.336 e. The highest BCUT2D eigenvalue weighted by molar-refractivity contribution is 9.10. The molecule has 0 N–H and O–H groups in total. The Bertz CT molecular complexity index is 1190. The van der Waals surface area contributed by atoms with Crippen molar-refractivity contribution >= 4 is 27.8 Å². The van der Waals surface area contributed by atoms with Crippen LogP contribution in [-0.4, -0.2) is 16.8 Å². The van der Waals surface area contributed by atoms with Crippen molar-refractivity contribution in [2.75, 3.05) is 0 Å². The topological polar surface area (TPSA) is 46.6 Å². The van der Waals surface area contributed by atoms with Gasteiger partial charge in [-0.1, -0.05) is 76.6 Å². The fourth-order valence-corrected chi connectivity index (χ4v) is 4.33. The van der Waals surface area contributed by atoms with Crippen LogP contribution < -0.4 is 0 Å². The van der Waals surface area contributed by atoms with Gasteiger partial charge in [-0.25, -0.2) is 9.18 Å². The van der Waals surface area contributed by atoms with Gasteiger partial charge in [-0.15, -0.1) is 0 Å². The van der Waals surface area contributed by atoms with E-state index in [-0.39, 0.29) is 18.9 Å². The normalized spacial score (nSPS) is 16.2. The van der Waals surface area contributed by atoms with Crippen LogP contribution in [-0.2, 0) is 27.5 Å². The Morgan fingerprint density at radius 2 is 1.67 bits per heavy atom. The molecule has 3 aromatic rings. The van der Waals surface area contributed by atoms with E-state index in [1.54, 1.807) is 30.0 Å². The van der Waals surface area contributed by atoms with E-state index >= 15 is 0 Å². The fourth-order valence-electron chi connectivity index (χ4n) is 4.06. The minimum atomic E-state index is -0.705. The summed E-state index contributed by atoms with van der Waals surface area (Å²) in [5.41, 5.74) is 2.89. The first kappa shape index (κ1) is 22.9. The average molecular weight is 508 g/mol. The van der Waals surface area contributed by atoms with E-state index in [4.69, 9.17) is 4.74 Å². The number of benzene rings is 3. The lowest BCUT2D eigenvalue weighted by atomic mass is 9.83. The molecule has 0 saturated carbocycles. The highest BCUT2D eigenvalue weighted by atomic mass is 79.9. The van der Waals surface area contributed by atoms with Gasteiger partial charge in [-0.05, 0) is 41.8 Å². The van der Waals surface area contributed by atoms with Crippen LogP contribution in [0.5, 0.6) is 0 Å². The number of rotatable bonds is 6. The van der Waals surface area contributed by atoms with E-state index in [1.807, 2.05) is 54.6 Å². The Labute approximate surface area is 200 Å². The number of ether oxygens (including phenoxy) is 1. The molecule has 3 aromatic carbocycles. The zero-order valence-electron chi connectivity index (χ0n) is 18.1. The molecule has 0 radical (unpaired) electrons. The minimum Gasteiger partial charge on any atom is -0.457 e. The van der Waals surface area contributed by atoms with Gasteiger partial charge in [-0.3, -0.25) is 4.79 Å². The van der Waals surface area contributed by atoms with Crippen molar-refractivity contribution in [3.8, 4) is 0 Å². The highest BCUT2D eigenvalue weighted by Gasteiger charge is 2.38. The molecule has 1 atom stereocenters. The lowest BCUT2D eigenvalue weighted by molar-refractivity contribution is -0.141. The molecular formula is C27H23BrFNO3. The van der Waals surface area contributed by atoms with E-state index in [1.165, 1.54) is 6.07 Å². The Balaban J connectivity index is 1.69. The summed E-state index contributed by atoms with van der Waals surface area (Å²) in [6.45, 7) is 2.14. The van der Waals surface area contributed by atoms with Crippen LogP contribution in [0, 0.1) is 5.82 Å². The molecule has 168 valence electrons. The van der Waals surface area contributed by atoms with Crippen molar-refractivity contribution in [2.45, 2.75) is 32.4 Å². The van der Waals surface area contributed by atoms with Crippen LogP contribution in [0.2, 0.25) is 0 Å². The molecule has 1 unspecified atom stereocenters. The predicted molar refractivity (Wildman–Crippen MR) is 127 cm³/mol. The molecule has 0 fully saturated rings. The Hall–Kier alpha value is -3.25. The Morgan fingerprint density at radius 1 is 1.00 bits per heavy atom. The standard InChI is InChI=1S/C27H23BrFNO3/c1-18-26(27(32)33-17-20-7-3-2-4-8-20)23(22-9-5-6-10-24(22)29)15-25(31)30(18)16-19-11-13-21(28)14-12-19/h2-14,23H,15-17H2,1H3. The molecule has 0 spiro atoms. The van der Waals surface area contributed by atoms with E-state index in [0.29, 0.717) is 23.4 Å². The molecular weight excluding hydrogens is 485 g/mol. The first-order valence-corrected chi connectivity index (χ1v) is 11.4. The van der Waals surface area contributed by atoms with Crippen molar-refractivity contribution in [3.05, 3.63) is 117 Å². The molecule has 0 aliphatic carbocycles. The van der Waals surface area contributed by atoms with Crippen LogP contribution in [0.25, 0.3) is 0 Å². The zero-order valence-corrected chi connectivity index (χ0v) is 19.7. The Kier molecular flexibility index (Phi) is 7.04. The van der Waals surface area contributed by atoms with Crippen LogP contribution in [0.15, 0.2) is 94.6 Å². The maximum atomic E-state index is 14.7. The van der Waals surface area contributed by atoms with Gasteiger partial charge in [0.05, 0.1) is 12.1 Å². The second-order valence-corrected chi connectivity index (χ2v) is 8.86. The van der Waals surface area contributed by atoms with E-state index < -0.39 is 17.7 Å². The van der Waals surface area contributed by atoms with Gasteiger partial charge < -0.3 is 9.64 Å². The smallest absolute Gasteiger partial charge is 0.336 e. The average Bonchev–Trinajstić information content (AvgIpc) is 2.82. The summed E-state index contributed by atoms with van der Waals surface area (Å²) in [5, 5.41) is 0. The number of hydrogen-bond donors (Lipinski definition) is 0. The number of carbonyl (C=O) groups is 2. The van der Waals surface area contributed by atoms with Gasteiger partial charge in [0, 0.05) is 22.5 Å². The second-order valence-electron chi connectivity index (χ2n) is 7.95. The number of carbonyl (C=O) groups excluding carboxylic acids is 2. The summed E-state index contributed by atoms with van der Waals surface area (Å²) in [4.78, 5) is 28.0. The van der Waals surface area contributed by atoms with E-state index in [9.17, 15) is 14.0 Å². The van der Waals surface area contributed by atoms with Gasteiger partial charge >= 0.3 is 5.97 Å². The number of amides is 1. The molecule has 1 aliphatic heterocycles. The molecule has 0 aromatic heterocycles. The lowest BCUT2D eigenvalue weighted by Gasteiger charge is -2.34. The highest BCUT2D eigenvalue weighted by Crippen LogP contribution is 2.38. The summed E-state index contributed by atoms with van der Waals surface area (Å²) >= 11 is 3.41. The largest absolute Gasteiger partial charge is 0.457 e. The van der Waals surface area contributed by atoms with Gasteiger partial charge in [0.2, 0.25) is 5.91 Å². The third-order valence-corrected chi connectivity index (χ3v) is 6.32. The number of halogens is 2. The summed E-state index contributed by atoms with van der Waals surface area (Å²) in [7, 11) is 0. The number of nitrogens with zero attached hydrogens (tertiary/aromatic N) is 1. The maximum absolute atomic E-state index is 14.7. The SMILES string of the molecule is CC1=C(C(=O)OCc2ccccc2)C(c2ccccc2F)CC(=O)N1Cc1ccc(Br)cc1. The monoisotopic (exact) mass is 507 g/mol. The molecule has 0 saturated heterocycles. The molecule has 0 bridgehead atoms. The van der Waals surface area contributed by atoms with Crippen LogP contribution in [0.1, 0.15) is 36.0 Å². The summed E-state index contributed by atoms with van der Waals surface area (Å²) < 4.78 is 21.2. The Morgan fingerprint density at radius 3 is 2.36 bits per heavy atom. The summed E-state index contributed by atoms with van der Waals surface area (Å²) in [6.07, 6.45) is -0.00935. The van der Waals surface area contributed by atoms with E-state index in [0.717, 1.165) is 15.6 Å². The van der Waals surface area contributed by atoms with E-state index in [2.05, 4.69) is 15.9 Å². The van der Waals surface area contributed by atoms with Gasteiger partial charge in [0.25, 0.3) is 0 Å². The van der Waals surface area contributed by atoms with Crippen molar-refractivity contribution < 1.29 is 18.7 Å². The molecule has 1 aliphatic rings. The van der Waals surface area contributed by atoms with Crippen molar-refractivity contribution in [1.29, 1.82) is 0 Å². The molecule has 4 rings (SSSR count). The van der Waals surface area contributed by atoms with Crippen molar-refractivity contribution in [3.63, 3.8) is 0 Å². The number of esters is 1. The summed E-state index contributed by atoms with van der Waals surface area (Å²) in [6, 6.07) is 23.3. The molecule has 6 heteroatoms. The minimum absolute atomic E-state index is 0.00935. The number of hydrogen-bond acceptors (Lipinski definition) is 3. The van der Waals surface area contributed by atoms with Crippen LogP contribution >= 0.6 is 15.9 Å². The second kappa shape index (κ2) is 10.1. The molecule has 4 nitrogen and oxygen atoms in total. The van der Waals surface area contributed by atoms with Crippen LogP contribution in [0.3, 0.4) is 0 Å². The van der Waals surface area contributed by atoms with Gasteiger partial charge in [0.1, 0.15) is 12.4 Å². The van der Waals surface area contributed by atoms with Gasteiger partial charge in [-0.2, -0.15) is 0 Å². The number of allylic oxidation sites excluding steroid dienone is 1. The van der Waals surface area contributed by atoms with Crippen LogP contribution in [0.4, 0.5) is 4.39 Å². The third-order valence-electron chi connectivity index (χ3n) is 5.79. The lowest BCUT2D eigenvalue weighted by Crippen LogP contribution is -2.38. The molecule has 1 heterocycles. The summed E-state index contributed by atoms with van der Waals surface area (Å²) in [5.74, 6) is -1.86. The molecule has 33 heavy (non-hydrogen) atoms. The molecule has 1 amide bonds. The third kappa shape index (κ3) is 5.22. The zero-order chi connectivity index (χ0) is 23.4. The predicted octanol–water partition coefficient (Wildman–Crippen LogP) is 6.12. The fraction of sp³-hybridized carbons (Fsp3) is 0.185.